The van der Waals surface area contributed by atoms with Crippen LogP contribution in [0.5, 0.6) is 11.6 Å². The number of esters is 1. The second kappa shape index (κ2) is 13.5. The van der Waals surface area contributed by atoms with Gasteiger partial charge in [0, 0.05) is 17.7 Å². The molecule has 3 N–H and O–H groups in total. The highest BCUT2D eigenvalue weighted by Gasteiger charge is 2.22. The Labute approximate surface area is 231 Å². The Kier molecular flexibility index (Phi) is 9.56. The van der Waals surface area contributed by atoms with Crippen molar-refractivity contribution in [3.8, 4) is 23.1 Å². The first-order valence-electron chi connectivity index (χ1n) is 12.4. The number of carbonyl (C=O) groups is 2. The van der Waals surface area contributed by atoms with E-state index >= 15 is 0 Å². The van der Waals surface area contributed by atoms with Crippen LogP contribution in [0.25, 0.3) is 11.5 Å². The summed E-state index contributed by atoms with van der Waals surface area (Å²) in [4.78, 5) is 37.3. The molecule has 206 valence electrons. The van der Waals surface area contributed by atoms with Crippen molar-refractivity contribution in [2.24, 2.45) is 0 Å². The molecule has 0 aliphatic heterocycles. The predicted octanol–water partition coefficient (Wildman–Crippen LogP) is 3.02. The van der Waals surface area contributed by atoms with Crippen molar-refractivity contribution >= 4 is 25.1 Å². The van der Waals surface area contributed by atoms with Crippen molar-refractivity contribution in [2.75, 3.05) is 20.3 Å². The van der Waals surface area contributed by atoms with Crippen LogP contribution in [0, 0.1) is 0 Å². The van der Waals surface area contributed by atoms with Gasteiger partial charge in [0.05, 0.1) is 26.3 Å². The molecular formula is C28H28N5O6P. The normalized spacial score (nSPS) is 12.2. The fourth-order valence-electron chi connectivity index (χ4n) is 3.81. The van der Waals surface area contributed by atoms with Gasteiger partial charge in [0.2, 0.25) is 5.88 Å². The average molecular weight is 562 g/mol. The molecule has 1 amide bonds. The molecule has 0 bridgehead atoms. The predicted molar refractivity (Wildman–Crippen MR) is 149 cm³/mol. The maximum absolute atomic E-state index is 13.3. The first-order chi connectivity index (χ1) is 19.4. The number of nitrogens with one attached hydrogen (secondary N) is 2. The van der Waals surface area contributed by atoms with Gasteiger partial charge in [0.25, 0.3) is 5.91 Å². The summed E-state index contributed by atoms with van der Waals surface area (Å²) in [6, 6.07) is 18.5. The molecule has 12 heteroatoms. The maximum Gasteiger partial charge on any atom is 0.320 e. The highest BCUT2D eigenvalue weighted by Crippen LogP contribution is 2.27. The summed E-state index contributed by atoms with van der Waals surface area (Å²) < 4.78 is 22.7. The van der Waals surface area contributed by atoms with E-state index in [4.69, 9.17) is 9.47 Å². The van der Waals surface area contributed by atoms with E-state index in [1.807, 2.05) is 12.1 Å². The monoisotopic (exact) mass is 561 g/mol. The first kappa shape index (κ1) is 28.4. The number of ether oxygens (including phenoxy) is 2. The minimum absolute atomic E-state index is 0.108. The van der Waals surface area contributed by atoms with Crippen LogP contribution in [0.15, 0.2) is 79.1 Å². The van der Waals surface area contributed by atoms with E-state index in [0.29, 0.717) is 22.3 Å². The molecule has 0 spiro atoms. The van der Waals surface area contributed by atoms with Crippen LogP contribution in [0.4, 0.5) is 0 Å². The van der Waals surface area contributed by atoms with Crippen LogP contribution in [-0.4, -0.2) is 52.2 Å². The molecule has 11 nitrogen and oxygen atoms in total. The number of rotatable bonds is 11. The Morgan fingerprint density at radius 1 is 1.00 bits per heavy atom. The van der Waals surface area contributed by atoms with E-state index in [2.05, 4.69) is 25.4 Å². The molecule has 4 aromatic rings. The van der Waals surface area contributed by atoms with Gasteiger partial charge in [-0.25, -0.2) is 4.98 Å². The van der Waals surface area contributed by atoms with Gasteiger partial charge in [0.15, 0.2) is 13.8 Å². The number of methoxy groups -OCH3 is 1. The standard InChI is InChI=1S/C28H28N5O6P/c1-3-39-24(34)17-31-40(37)21-13-9-19(10-14-21)25(18-7-11-20(38-2)12-8-18)32-27(35)22-16-30-26(33-28(22)36)23-6-4-5-15-29-23/h4-16,25,40H,3,17H2,1-2H3,(H,31,37)(H,32,35)(H,30,33,36). The van der Waals surface area contributed by atoms with Gasteiger partial charge >= 0.3 is 5.97 Å². The number of aromatic nitrogens is 3. The molecule has 2 aromatic heterocycles. The largest absolute Gasteiger partial charge is 0.497 e. The third-order valence-corrected chi connectivity index (χ3v) is 7.19. The molecule has 0 saturated carbocycles. The molecule has 0 fully saturated rings. The van der Waals surface area contributed by atoms with Gasteiger partial charge in [-0.2, -0.15) is 4.98 Å². The Balaban J connectivity index is 1.57. The highest BCUT2D eigenvalue weighted by atomic mass is 31.1. The number of pyridine rings is 1. The Bertz CT molecular complexity index is 1480. The van der Waals surface area contributed by atoms with Gasteiger partial charge in [-0.15, -0.1) is 0 Å². The lowest BCUT2D eigenvalue weighted by molar-refractivity contribution is -0.141. The van der Waals surface area contributed by atoms with E-state index in [-0.39, 0.29) is 24.5 Å². The van der Waals surface area contributed by atoms with Crippen molar-refractivity contribution in [2.45, 2.75) is 13.0 Å². The van der Waals surface area contributed by atoms with Gasteiger partial charge < -0.3 is 24.5 Å². The second-order valence-corrected chi connectivity index (χ2v) is 10.0. The van der Waals surface area contributed by atoms with Crippen molar-refractivity contribution in [3.63, 3.8) is 0 Å². The molecule has 2 aromatic carbocycles. The molecule has 2 heterocycles. The van der Waals surface area contributed by atoms with Gasteiger partial charge in [-0.3, -0.25) is 19.7 Å². The lowest BCUT2D eigenvalue weighted by Gasteiger charge is -2.21. The summed E-state index contributed by atoms with van der Waals surface area (Å²) in [5, 5.41) is 16.7. The molecule has 40 heavy (non-hydrogen) atoms. The lowest BCUT2D eigenvalue weighted by atomic mass is 9.98. The van der Waals surface area contributed by atoms with E-state index in [1.165, 1.54) is 6.20 Å². The Hall–Kier alpha value is -4.60. The Morgan fingerprint density at radius 3 is 2.30 bits per heavy atom. The lowest BCUT2D eigenvalue weighted by Crippen LogP contribution is -2.30. The number of nitrogens with zero attached hydrogens (tertiary/aromatic N) is 3. The van der Waals surface area contributed by atoms with Gasteiger partial charge in [0.1, 0.15) is 17.0 Å². The third-order valence-electron chi connectivity index (χ3n) is 5.84. The van der Waals surface area contributed by atoms with Crippen molar-refractivity contribution in [3.05, 3.63) is 95.8 Å². The zero-order valence-corrected chi connectivity index (χ0v) is 22.8. The first-order valence-corrected chi connectivity index (χ1v) is 13.8. The number of aromatic hydroxyl groups is 1. The zero-order valence-electron chi connectivity index (χ0n) is 21.8. The topological polar surface area (TPSA) is 153 Å². The SMILES string of the molecule is CCOC(=O)CN[PH](=O)c1ccc(C(NC(=O)c2cnc(-c3ccccn3)nc2O)c2ccc(OC)cc2)cc1. The molecule has 0 radical (unpaired) electrons. The number of carbonyl (C=O) groups excluding carboxylic acids is 2. The fourth-order valence-corrected chi connectivity index (χ4v) is 4.79. The smallest absolute Gasteiger partial charge is 0.320 e. The summed E-state index contributed by atoms with van der Waals surface area (Å²) in [5.74, 6) is -0.738. The van der Waals surface area contributed by atoms with E-state index < -0.39 is 31.8 Å². The fraction of sp³-hybridized carbons (Fsp3) is 0.179. The summed E-state index contributed by atoms with van der Waals surface area (Å²) >= 11 is 0. The summed E-state index contributed by atoms with van der Waals surface area (Å²) in [5.41, 5.74) is 1.77. The summed E-state index contributed by atoms with van der Waals surface area (Å²) in [7, 11) is -0.894. The number of hydrogen-bond donors (Lipinski definition) is 3. The van der Waals surface area contributed by atoms with E-state index in [9.17, 15) is 19.3 Å². The molecule has 4 rings (SSSR count). The number of amides is 1. The van der Waals surface area contributed by atoms with Crippen LogP contribution in [0.1, 0.15) is 34.5 Å². The van der Waals surface area contributed by atoms with Crippen LogP contribution in [0.2, 0.25) is 0 Å². The quantitative estimate of drug-likeness (QED) is 0.184. The third kappa shape index (κ3) is 7.07. The second-order valence-electron chi connectivity index (χ2n) is 8.44. The summed E-state index contributed by atoms with van der Waals surface area (Å²) in [6.45, 7) is 1.78. The Morgan fingerprint density at radius 2 is 1.70 bits per heavy atom. The zero-order chi connectivity index (χ0) is 28.5. The number of benzene rings is 2. The highest BCUT2D eigenvalue weighted by molar-refractivity contribution is 7.51. The van der Waals surface area contributed by atoms with Gasteiger partial charge in [-0.05, 0) is 42.3 Å². The molecule has 2 unspecified atom stereocenters. The van der Waals surface area contributed by atoms with Crippen LogP contribution in [-0.2, 0) is 14.1 Å². The minimum Gasteiger partial charge on any atom is -0.497 e. The van der Waals surface area contributed by atoms with Crippen molar-refractivity contribution in [1.29, 1.82) is 0 Å². The van der Waals surface area contributed by atoms with Crippen LogP contribution in [0.3, 0.4) is 0 Å². The maximum atomic E-state index is 13.3. The van der Waals surface area contributed by atoms with E-state index in [0.717, 1.165) is 5.56 Å². The van der Waals surface area contributed by atoms with Crippen LogP contribution < -0.4 is 20.4 Å². The van der Waals surface area contributed by atoms with Gasteiger partial charge in [-0.1, -0.05) is 42.5 Å². The van der Waals surface area contributed by atoms with Crippen LogP contribution >= 0.6 is 7.95 Å². The summed E-state index contributed by atoms with van der Waals surface area (Å²) in [6.07, 6.45) is 2.83. The molecule has 0 saturated heterocycles. The van der Waals surface area contributed by atoms with E-state index in [1.54, 1.807) is 74.8 Å². The van der Waals surface area contributed by atoms with Crippen molar-refractivity contribution in [1.82, 2.24) is 25.4 Å². The minimum atomic E-state index is -2.45. The van der Waals surface area contributed by atoms with Crippen molar-refractivity contribution < 1.29 is 28.7 Å². The molecule has 0 aliphatic carbocycles. The number of hydrogen-bond acceptors (Lipinski definition) is 9. The molecule has 2 atom stereocenters. The molecule has 0 aliphatic rings. The molecular weight excluding hydrogens is 533 g/mol. The average Bonchev–Trinajstić information content (AvgIpc) is 2.99.